The molecule has 178 valence electrons. The number of sulfonamides is 1. The summed E-state index contributed by atoms with van der Waals surface area (Å²) in [6.45, 7) is 3.02. The summed E-state index contributed by atoms with van der Waals surface area (Å²) in [6.07, 6.45) is -0.410. The lowest BCUT2D eigenvalue weighted by Crippen LogP contribution is -2.53. The second-order valence-electron chi connectivity index (χ2n) is 7.42. The number of halogens is 2. The first-order valence-electron chi connectivity index (χ1n) is 10.4. The smallest absolute Gasteiger partial charge is 0.409 e. The Morgan fingerprint density at radius 3 is 2.15 bits per heavy atom. The van der Waals surface area contributed by atoms with E-state index in [1.165, 1.54) is 33.5 Å². The van der Waals surface area contributed by atoms with Crippen LogP contribution in [0.25, 0.3) is 0 Å². The van der Waals surface area contributed by atoms with Gasteiger partial charge in [-0.25, -0.2) is 13.2 Å². The minimum atomic E-state index is -3.96. The highest BCUT2D eigenvalue weighted by Crippen LogP contribution is 2.22. The number of nitrogens with zero attached hydrogens (tertiary/aromatic N) is 3. The molecule has 2 amide bonds. The van der Waals surface area contributed by atoms with E-state index in [2.05, 4.69) is 15.9 Å². The Kier molecular flexibility index (Phi) is 8.75. The lowest BCUT2D eigenvalue weighted by molar-refractivity contribution is -0.133. The molecule has 0 aromatic heterocycles. The van der Waals surface area contributed by atoms with Gasteiger partial charge in [0.05, 0.1) is 18.0 Å². The average molecular weight is 559 g/mol. The maximum Gasteiger partial charge on any atom is 0.409 e. The Hall–Kier alpha value is -2.14. The number of carbonyl (C=O) groups is 2. The summed E-state index contributed by atoms with van der Waals surface area (Å²) in [7, 11) is -3.96. The van der Waals surface area contributed by atoms with E-state index in [1.807, 2.05) is 12.1 Å². The van der Waals surface area contributed by atoms with E-state index in [9.17, 15) is 18.0 Å². The average Bonchev–Trinajstić information content (AvgIpc) is 2.80. The second-order valence-corrected chi connectivity index (χ2v) is 10.7. The maximum atomic E-state index is 13.4. The number of hydrogen-bond donors (Lipinski definition) is 0. The van der Waals surface area contributed by atoms with Gasteiger partial charge in [0.15, 0.2) is 0 Å². The Balaban J connectivity index is 1.76. The van der Waals surface area contributed by atoms with E-state index >= 15 is 0 Å². The highest BCUT2D eigenvalue weighted by Gasteiger charge is 2.31. The van der Waals surface area contributed by atoms with Crippen molar-refractivity contribution in [2.75, 3.05) is 39.3 Å². The van der Waals surface area contributed by atoms with Crippen molar-refractivity contribution in [3.05, 3.63) is 63.6 Å². The molecule has 1 saturated heterocycles. The van der Waals surface area contributed by atoms with Gasteiger partial charge < -0.3 is 14.5 Å². The van der Waals surface area contributed by atoms with Crippen LogP contribution in [0.4, 0.5) is 4.79 Å². The fraction of sp³-hybridized carbons (Fsp3) is 0.364. The zero-order valence-corrected chi connectivity index (χ0v) is 21.3. The number of ether oxygens (including phenoxy) is 1. The van der Waals surface area contributed by atoms with Gasteiger partial charge in [0.25, 0.3) is 0 Å². The first-order valence-corrected chi connectivity index (χ1v) is 13.0. The van der Waals surface area contributed by atoms with Gasteiger partial charge in [-0.05, 0) is 48.9 Å². The third-order valence-corrected chi connectivity index (χ3v) is 7.78. The fourth-order valence-corrected chi connectivity index (χ4v) is 5.15. The monoisotopic (exact) mass is 557 g/mol. The molecule has 0 spiro atoms. The summed E-state index contributed by atoms with van der Waals surface area (Å²) in [5.74, 6) is -0.326. The van der Waals surface area contributed by atoms with Crippen molar-refractivity contribution < 1.29 is 22.7 Å². The van der Waals surface area contributed by atoms with E-state index in [4.69, 9.17) is 16.3 Å². The quantitative estimate of drug-likeness (QED) is 0.518. The molecule has 0 unspecified atom stereocenters. The SMILES string of the molecule is CCOC(=O)N1CCN(C(=O)CN(Cc2ccc(Br)cc2)S(=O)(=O)c2ccc(Cl)cc2)CC1. The number of piperazine rings is 1. The van der Waals surface area contributed by atoms with Gasteiger partial charge in [0, 0.05) is 42.2 Å². The van der Waals surface area contributed by atoms with Crippen LogP contribution in [-0.2, 0) is 26.1 Å². The van der Waals surface area contributed by atoms with E-state index in [0.29, 0.717) is 31.2 Å². The number of benzene rings is 2. The molecular formula is C22H25BrClN3O5S. The molecule has 33 heavy (non-hydrogen) atoms. The van der Waals surface area contributed by atoms with Gasteiger partial charge in [-0.1, -0.05) is 39.7 Å². The van der Waals surface area contributed by atoms with E-state index < -0.39 is 16.1 Å². The third kappa shape index (κ3) is 6.69. The highest BCUT2D eigenvalue weighted by molar-refractivity contribution is 9.10. The van der Waals surface area contributed by atoms with Crippen LogP contribution in [0.3, 0.4) is 0 Å². The summed E-state index contributed by atoms with van der Waals surface area (Å²) in [4.78, 5) is 28.1. The summed E-state index contributed by atoms with van der Waals surface area (Å²) in [6, 6.07) is 13.1. The van der Waals surface area contributed by atoms with Crippen molar-refractivity contribution in [1.29, 1.82) is 0 Å². The van der Waals surface area contributed by atoms with Gasteiger partial charge in [-0.2, -0.15) is 4.31 Å². The molecule has 1 aliphatic heterocycles. The van der Waals surface area contributed by atoms with Crippen LogP contribution in [0.15, 0.2) is 57.9 Å². The van der Waals surface area contributed by atoms with Crippen LogP contribution in [-0.4, -0.2) is 73.9 Å². The standard InChI is InChI=1S/C22H25BrClN3O5S/c1-2-32-22(29)26-13-11-25(12-14-26)21(28)16-27(15-17-3-5-18(23)6-4-17)33(30,31)20-9-7-19(24)8-10-20/h3-10H,2,11-16H2,1H3. The molecule has 0 atom stereocenters. The Morgan fingerprint density at radius 1 is 1.00 bits per heavy atom. The maximum absolute atomic E-state index is 13.4. The molecule has 0 radical (unpaired) electrons. The number of hydrogen-bond acceptors (Lipinski definition) is 5. The molecular weight excluding hydrogens is 534 g/mol. The third-order valence-electron chi connectivity index (χ3n) is 5.19. The zero-order chi connectivity index (χ0) is 24.0. The van der Waals surface area contributed by atoms with Gasteiger partial charge in [0.1, 0.15) is 0 Å². The first kappa shape index (κ1) is 25.5. The number of carbonyl (C=O) groups excluding carboxylic acids is 2. The summed E-state index contributed by atoms with van der Waals surface area (Å²) in [5, 5.41) is 0.420. The first-order chi connectivity index (χ1) is 15.7. The molecule has 3 rings (SSSR count). The lowest BCUT2D eigenvalue weighted by Gasteiger charge is -2.35. The van der Waals surface area contributed by atoms with Crippen LogP contribution in [0, 0.1) is 0 Å². The summed E-state index contributed by atoms with van der Waals surface area (Å²) in [5.41, 5.74) is 0.746. The summed E-state index contributed by atoms with van der Waals surface area (Å²) < 4.78 is 33.8. The van der Waals surface area contributed by atoms with Crippen LogP contribution in [0.5, 0.6) is 0 Å². The molecule has 11 heteroatoms. The van der Waals surface area contributed by atoms with Gasteiger partial charge in [0.2, 0.25) is 15.9 Å². The molecule has 8 nitrogen and oxygen atoms in total. The van der Waals surface area contributed by atoms with Crippen molar-refractivity contribution in [2.45, 2.75) is 18.4 Å². The molecule has 0 saturated carbocycles. The van der Waals surface area contributed by atoms with Crippen molar-refractivity contribution in [3.63, 3.8) is 0 Å². The van der Waals surface area contributed by atoms with Crippen LogP contribution >= 0.6 is 27.5 Å². The molecule has 1 aliphatic rings. The number of rotatable bonds is 7. The molecule has 2 aromatic rings. The minimum Gasteiger partial charge on any atom is -0.450 e. The van der Waals surface area contributed by atoms with Crippen molar-refractivity contribution in [3.8, 4) is 0 Å². The highest BCUT2D eigenvalue weighted by atomic mass is 79.9. The Labute approximate surface area is 207 Å². The predicted molar refractivity (Wildman–Crippen MR) is 128 cm³/mol. The van der Waals surface area contributed by atoms with Gasteiger partial charge in [-0.3, -0.25) is 4.79 Å². The van der Waals surface area contributed by atoms with E-state index in [-0.39, 0.29) is 30.5 Å². The molecule has 0 N–H and O–H groups in total. The minimum absolute atomic E-state index is 0.0345. The molecule has 0 aliphatic carbocycles. The predicted octanol–water partition coefficient (Wildman–Crippen LogP) is 3.59. The molecule has 1 fully saturated rings. The van der Waals surface area contributed by atoms with E-state index in [1.54, 1.807) is 24.0 Å². The number of amides is 2. The molecule has 0 bridgehead atoms. The Morgan fingerprint density at radius 2 is 1.58 bits per heavy atom. The van der Waals surface area contributed by atoms with Crippen molar-refractivity contribution in [2.24, 2.45) is 0 Å². The van der Waals surface area contributed by atoms with Crippen LogP contribution in [0.1, 0.15) is 12.5 Å². The summed E-state index contributed by atoms with van der Waals surface area (Å²) >= 11 is 9.28. The normalized spacial score (nSPS) is 14.4. The zero-order valence-electron chi connectivity index (χ0n) is 18.1. The van der Waals surface area contributed by atoms with Crippen molar-refractivity contribution in [1.82, 2.24) is 14.1 Å². The van der Waals surface area contributed by atoms with Crippen molar-refractivity contribution >= 4 is 49.6 Å². The topological polar surface area (TPSA) is 87.2 Å². The van der Waals surface area contributed by atoms with Gasteiger partial charge >= 0.3 is 6.09 Å². The molecule has 1 heterocycles. The van der Waals surface area contributed by atoms with E-state index in [0.717, 1.165) is 10.0 Å². The molecule has 2 aromatic carbocycles. The largest absolute Gasteiger partial charge is 0.450 e. The second kappa shape index (κ2) is 11.3. The fourth-order valence-electron chi connectivity index (χ4n) is 3.38. The Bertz CT molecular complexity index is 1070. The van der Waals surface area contributed by atoms with Crippen LogP contribution < -0.4 is 0 Å². The lowest BCUT2D eigenvalue weighted by atomic mass is 10.2. The van der Waals surface area contributed by atoms with Crippen LogP contribution in [0.2, 0.25) is 5.02 Å². The van der Waals surface area contributed by atoms with Gasteiger partial charge in [-0.15, -0.1) is 0 Å².